The summed E-state index contributed by atoms with van der Waals surface area (Å²) in [4.78, 5) is 13.1. The number of rotatable bonds is 9. The van der Waals surface area contributed by atoms with E-state index in [0.717, 1.165) is 16.9 Å². The quantitative estimate of drug-likeness (QED) is 0.524. The van der Waals surface area contributed by atoms with Crippen LogP contribution in [-0.4, -0.2) is 28.0 Å². The van der Waals surface area contributed by atoms with Crippen molar-refractivity contribution in [2.75, 3.05) is 18.0 Å². The number of hydrogen-bond donors (Lipinski definition) is 1. The van der Waals surface area contributed by atoms with Gasteiger partial charge in [0.15, 0.2) is 0 Å². The normalized spacial score (nSPS) is 12.1. The van der Waals surface area contributed by atoms with Crippen LogP contribution in [0.4, 0.5) is 5.69 Å². The number of benzene rings is 3. The van der Waals surface area contributed by atoms with E-state index in [4.69, 9.17) is 4.74 Å². The van der Waals surface area contributed by atoms with Crippen molar-refractivity contribution < 1.29 is 17.9 Å². The number of nitrogens with zero attached hydrogens (tertiary/aromatic N) is 1. The molecule has 1 amide bonds. The SMILES string of the molecule is CCc1ccccc1N(CC(=O)N[C@@H](C)c1ccc(OC)cc1)S(=O)(=O)c1ccccc1. The second-order valence-electron chi connectivity index (χ2n) is 7.37. The molecular formula is C25H28N2O4S. The Labute approximate surface area is 189 Å². The second-order valence-corrected chi connectivity index (χ2v) is 9.23. The Bertz CT molecular complexity index is 1150. The van der Waals surface area contributed by atoms with Crippen molar-refractivity contribution in [3.8, 4) is 5.75 Å². The van der Waals surface area contributed by atoms with Gasteiger partial charge < -0.3 is 10.1 Å². The fourth-order valence-electron chi connectivity index (χ4n) is 3.47. The number of methoxy groups -OCH3 is 1. The van der Waals surface area contributed by atoms with E-state index in [2.05, 4.69) is 5.32 Å². The van der Waals surface area contributed by atoms with Crippen LogP contribution in [0.2, 0.25) is 0 Å². The van der Waals surface area contributed by atoms with Gasteiger partial charge in [0.2, 0.25) is 5.91 Å². The van der Waals surface area contributed by atoms with Crippen molar-refractivity contribution in [2.45, 2.75) is 31.2 Å². The highest BCUT2D eigenvalue weighted by Crippen LogP contribution is 2.27. The zero-order chi connectivity index (χ0) is 23.1. The average molecular weight is 453 g/mol. The van der Waals surface area contributed by atoms with E-state index >= 15 is 0 Å². The maximum absolute atomic E-state index is 13.5. The molecule has 0 aliphatic carbocycles. The van der Waals surface area contributed by atoms with Crippen molar-refractivity contribution in [3.05, 3.63) is 90.0 Å². The van der Waals surface area contributed by atoms with Crippen LogP contribution in [-0.2, 0) is 21.2 Å². The molecule has 7 heteroatoms. The Kier molecular flexibility index (Phi) is 7.53. The molecule has 1 N–H and O–H groups in total. The summed E-state index contributed by atoms with van der Waals surface area (Å²) in [5, 5.41) is 2.91. The predicted octanol–water partition coefficient (Wildman–Crippen LogP) is 4.33. The molecule has 6 nitrogen and oxygen atoms in total. The van der Waals surface area contributed by atoms with Gasteiger partial charge >= 0.3 is 0 Å². The van der Waals surface area contributed by atoms with E-state index in [1.807, 2.05) is 50.2 Å². The maximum Gasteiger partial charge on any atom is 0.264 e. The van der Waals surface area contributed by atoms with Crippen LogP contribution in [0.15, 0.2) is 83.8 Å². The highest BCUT2D eigenvalue weighted by molar-refractivity contribution is 7.92. The van der Waals surface area contributed by atoms with E-state index < -0.39 is 15.9 Å². The minimum absolute atomic E-state index is 0.141. The lowest BCUT2D eigenvalue weighted by atomic mass is 10.1. The molecule has 32 heavy (non-hydrogen) atoms. The van der Waals surface area contributed by atoms with Crippen LogP contribution >= 0.6 is 0 Å². The number of sulfonamides is 1. The Morgan fingerprint density at radius 3 is 2.22 bits per heavy atom. The van der Waals surface area contributed by atoms with Crippen LogP contribution in [0.3, 0.4) is 0 Å². The van der Waals surface area contributed by atoms with Crippen LogP contribution in [0.5, 0.6) is 5.75 Å². The monoisotopic (exact) mass is 452 g/mol. The van der Waals surface area contributed by atoms with Gasteiger partial charge in [-0.3, -0.25) is 9.10 Å². The van der Waals surface area contributed by atoms with Gasteiger partial charge in [-0.2, -0.15) is 0 Å². The summed E-state index contributed by atoms with van der Waals surface area (Å²) in [6.45, 7) is 3.49. The zero-order valence-corrected chi connectivity index (χ0v) is 19.3. The minimum Gasteiger partial charge on any atom is -0.497 e. The van der Waals surface area contributed by atoms with Crippen molar-refractivity contribution in [2.24, 2.45) is 0 Å². The third-order valence-corrected chi connectivity index (χ3v) is 7.03. The molecule has 0 unspecified atom stereocenters. The number of carbonyl (C=O) groups excluding carboxylic acids is 1. The summed E-state index contributed by atoms with van der Waals surface area (Å²) in [6.07, 6.45) is 0.640. The van der Waals surface area contributed by atoms with Crippen molar-refractivity contribution in [3.63, 3.8) is 0 Å². The summed E-state index contributed by atoms with van der Waals surface area (Å²) in [5.74, 6) is 0.335. The van der Waals surface area contributed by atoms with Crippen molar-refractivity contribution in [1.29, 1.82) is 0 Å². The molecule has 0 aliphatic rings. The lowest BCUT2D eigenvalue weighted by Crippen LogP contribution is -2.42. The van der Waals surface area contributed by atoms with Gasteiger partial charge in [0.05, 0.1) is 23.7 Å². The Hall–Kier alpha value is -3.32. The second kappa shape index (κ2) is 10.3. The molecule has 3 aromatic rings. The topological polar surface area (TPSA) is 75.7 Å². The first-order chi connectivity index (χ1) is 15.4. The van der Waals surface area contributed by atoms with E-state index in [1.54, 1.807) is 37.4 Å². The van der Waals surface area contributed by atoms with Crippen molar-refractivity contribution in [1.82, 2.24) is 5.32 Å². The fraction of sp³-hybridized carbons (Fsp3) is 0.240. The number of aryl methyl sites for hydroxylation is 1. The summed E-state index contributed by atoms with van der Waals surface area (Å²) in [5.41, 5.74) is 2.25. The first-order valence-electron chi connectivity index (χ1n) is 10.5. The number of hydrogen-bond acceptors (Lipinski definition) is 4. The van der Waals surface area contributed by atoms with Gasteiger partial charge in [-0.1, -0.05) is 55.5 Å². The van der Waals surface area contributed by atoms with Crippen LogP contribution in [0.1, 0.15) is 31.0 Å². The lowest BCUT2D eigenvalue weighted by molar-refractivity contribution is -0.120. The van der Waals surface area contributed by atoms with Gasteiger partial charge in [-0.25, -0.2) is 8.42 Å². The zero-order valence-electron chi connectivity index (χ0n) is 18.5. The van der Waals surface area contributed by atoms with Gasteiger partial charge in [-0.05, 0) is 54.8 Å². The summed E-state index contributed by atoms with van der Waals surface area (Å²) in [7, 11) is -2.34. The number of ether oxygens (including phenoxy) is 1. The molecule has 1 atom stereocenters. The van der Waals surface area contributed by atoms with E-state index in [0.29, 0.717) is 12.1 Å². The van der Waals surface area contributed by atoms with Gasteiger partial charge in [0.1, 0.15) is 12.3 Å². The molecule has 0 aromatic heterocycles. The molecule has 0 saturated heterocycles. The summed E-state index contributed by atoms with van der Waals surface area (Å²) >= 11 is 0. The minimum atomic E-state index is -3.94. The molecule has 0 spiro atoms. The fourth-order valence-corrected chi connectivity index (χ4v) is 4.95. The van der Waals surface area contributed by atoms with Crippen LogP contribution in [0.25, 0.3) is 0 Å². The number of para-hydroxylation sites is 1. The van der Waals surface area contributed by atoms with Gasteiger partial charge in [0, 0.05) is 0 Å². The van der Waals surface area contributed by atoms with E-state index in [-0.39, 0.29) is 17.5 Å². The molecule has 0 saturated carbocycles. The van der Waals surface area contributed by atoms with Gasteiger partial charge in [0.25, 0.3) is 10.0 Å². The number of anilines is 1. The Morgan fingerprint density at radius 2 is 1.59 bits per heavy atom. The van der Waals surface area contributed by atoms with E-state index in [9.17, 15) is 13.2 Å². The number of nitrogens with one attached hydrogen (secondary N) is 1. The lowest BCUT2D eigenvalue weighted by Gasteiger charge is -2.27. The third kappa shape index (κ3) is 5.29. The number of amides is 1. The first kappa shape index (κ1) is 23.3. The van der Waals surface area contributed by atoms with Crippen molar-refractivity contribution >= 4 is 21.6 Å². The van der Waals surface area contributed by atoms with Crippen LogP contribution in [0, 0.1) is 0 Å². The summed E-state index contributed by atoms with van der Waals surface area (Å²) in [6, 6.07) is 22.5. The Morgan fingerprint density at radius 1 is 0.969 bits per heavy atom. The molecule has 3 aromatic carbocycles. The molecule has 0 radical (unpaired) electrons. The molecule has 168 valence electrons. The standard InChI is InChI=1S/C25H28N2O4S/c1-4-20-10-8-9-13-24(20)27(32(29,30)23-11-6-5-7-12-23)18-25(28)26-19(2)21-14-16-22(31-3)17-15-21/h5-17,19H,4,18H2,1-3H3,(H,26,28)/t19-/m0/s1. The number of carbonyl (C=O) groups is 1. The van der Waals surface area contributed by atoms with E-state index in [1.165, 1.54) is 16.4 Å². The van der Waals surface area contributed by atoms with Gasteiger partial charge in [-0.15, -0.1) is 0 Å². The predicted molar refractivity (Wildman–Crippen MR) is 126 cm³/mol. The molecule has 0 aliphatic heterocycles. The smallest absolute Gasteiger partial charge is 0.264 e. The highest BCUT2D eigenvalue weighted by Gasteiger charge is 2.28. The Balaban J connectivity index is 1.89. The largest absolute Gasteiger partial charge is 0.497 e. The molecule has 0 fully saturated rings. The summed E-state index contributed by atoms with van der Waals surface area (Å²) < 4.78 is 33.4. The molecule has 0 heterocycles. The first-order valence-corrected chi connectivity index (χ1v) is 11.9. The van der Waals surface area contributed by atoms with Crippen LogP contribution < -0.4 is 14.4 Å². The maximum atomic E-state index is 13.5. The molecular weight excluding hydrogens is 424 g/mol. The molecule has 0 bridgehead atoms. The third-order valence-electron chi connectivity index (χ3n) is 5.25. The highest BCUT2D eigenvalue weighted by atomic mass is 32.2. The molecule has 3 rings (SSSR count). The average Bonchev–Trinajstić information content (AvgIpc) is 2.83.